The summed E-state index contributed by atoms with van der Waals surface area (Å²) in [4.78, 5) is 0. The average molecular weight is 188 g/mol. The van der Waals surface area contributed by atoms with E-state index in [9.17, 15) is 5.11 Å². The molecule has 13 heavy (non-hydrogen) atoms. The predicted octanol–water partition coefficient (Wildman–Crippen LogP) is 1.69. The van der Waals surface area contributed by atoms with E-state index in [-0.39, 0.29) is 12.2 Å². The summed E-state index contributed by atoms with van der Waals surface area (Å²) < 4.78 is 10.9. The zero-order chi connectivity index (χ0) is 9.90. The molecule has 0 aromatic carbocycles. The number of hydrogen-bond donors (Lipinski definition) is 1. The summed E-state index contributed by atoms with van der Waals surface area (Å²) in [6, 6.07) is 0. The van der Waals surface area contributed by atoms with Crippen LogP contribution in [0.5, 0.6) is 0 Å². The third kappa shape index (κ3) is 3.63. The quantitative estimate of drug-likeness (QED) is 0.685. The van der Waals surface area contributed by atoms with Crippen LogP contribution in [0.1, 0.15) is 39.5 Å². The van der Waals surface area contributed by atoms with Crippen molar-refractivity contribution in [1.29, 1.82) is 0 Å². The lowest BCUT2D eigenvalue weighted by Gasteiger charge is -2.33. The summed E-state index contributed by atoms with van der Waals surface area (Å²) in [6.07, 6.45) is 3.69. The normalized spacial score (nSPS) is 30.5. The number of methoxy groups -OCH3 is 1. The molecule has 1 fully saturated rings. The summed E-state index contributed by atoms with van der Waals surface area (Å²) in [5, 5.41) is 9.43. The van der Waals surface area contributed by atoms with Gasteiger partial charge in [-0.15, -0.1) is 0 Å². The van der Waals surface area contributed by atoms with E-state index in [2.05, 4.69) is 0 Å². The van der Waals surface area contributed by atoms with Gasteiger partial charge in [0.05, 0.1) is 12.2 Å². The molecule has 0 aromatic heterocycles. The number of rotatable bonds is 3. The minimum Gasteiger partial charge on any atom is -0.393 e. The second kappa shape index (κ2) is 4.40. The van der Waals surface area contributed by atoms with Crippen molar-refractivity contribution < 1.29 is 14.6 Å². The molecule has 1 N–H and O–H groups in total. The van der Waals surface area contributed by atoms with Crippen LogP contribution in [0, 0.1) is 0 Å². The third-order valence-electron chi connectivity index (χ3n) is 2.54. The van der Waals surface area contributed by atoms with Crippen molar-refractivity contribution in [3.05, 3.63) is 0 Å². The Morgan fingerprint density at radius 2 is 2.00 bits per heavy atom. The van der Waals surface area contributed by atoms with Gasteiger partial charge in [0.25, 0.3) is 0 Å². The van der Waals surface area contributed by atoms with Crippen LogP contribution in [0.25, 0.3) is 0 Å². The molecular formula is C10H20O3. The van der Waals surface area contributed by atoms with E-state index in [1.54, 1.807) is 7.11 Å². The zero-order valence-electron chi connectivity index (χ0n) is 8.75. The highest BCUT2D eigenvalue weighted by molar-refractivity contribution is 4.74. The van der Waals surface area contributed by atoms with E-state index < -0.39 is 5.79 Å². The van der Waals surface area contributed by atoms with Gasteiger partial charge < -0.3 is 14.6 Å². The van der Waals surface area contributed by atoms with Crippen molar-refractivity contribution in [2.75, 3.05) is 7.11 Å². The van der Waals surface area contributed by atoms with Gasteiger partial charge in [-0.25, -0.2) is 0 Å². The molecule has 0 aromatic rings. The van der Waals surface area contributed by atoms with E-state index in [0.717, 1.165) is 25.7 Å². The Morgan fingerprint density at radius 3 is 2.54 bits per heavy atom. The second-order valence-electron chi connectivity index (χ2n) is 4.16. The minimum absolute atomic E-state index is 0.152. The fourth-order valence-electron chi connectivity index (χ4n) is 1.68. The van der Waals surface area contributed by atoms with Crippen molar-refractivity contribution in [2.45, 2.75) is 57.5 Å². The first-order chi connectivity index (χ1) is 6.03. The van der Waals surface area contributed by atoms with Crippen molar-refractivity contribution >= 4 is 0 Å². The minimum atomic E-state index is -0.526. The molecular weight excluding hydrogens is 168 g/mol. The molecule has 1 aliphatic rings. The standard InChI is InChI=1S/C10H20O3/c1-10(2,12-3)13-9-6-4-5-8(11)7-9/h8-9,11H,4-7H2,1-3H3. The maximum Gasteiger partial charge on any atom is 0.162 e. The van der Waals surface area contributed by atoms with E-state index >= 15 is 0 Å². The molecule has 0 amide bonds. The molecule has 2 atom stereocenters. The average Bonchev–Trinajstić information content (AvgIpc) is 2.03. The molecule has 1 rings (SSSR count). The lowest BCUT2D eigenvalue weighted by Crippen LogP contribution is -2.36. The summed E-state index contributed by atoms with van der Waals surface area (Å²) in [5.74, 6) is -0.526. The smallest absolute Gasteiger partial charge is 0.162 e. The van der Waals surface area contributed by atoms with Gasteiger partial charge in [-0.05, 0) is 39.5 Å². The van der Waals surface area contributed by atoms with Gasteiger partial charge in [0.15, 0.2) is 5.79 Å². The highest BCUT2D eigenvalue weighted by Gasteiger charge is 2.27. The van der Waals surface area contributed by atoms with Crippen molar-refractivity contribution in [1.82, 2.24) is 0 Å². The van der Waals surface area contributed by atoms with Crippen LogP contribution in [-0.2, 0) is 9.47 Å². The second-order valence-corrected chi connectivity index (χ2v) is 4.16. The number of aliphatic hydroxyl groups is 1. The fraction of sp³-hybridized carbons (Fsp3) is 1.00. The van der Waals surface area contributed by atoms with Crippen LogP contribution in [0.3, 0.4) is 0 Å². The Labute approximate surface area is 80.0 Å². The third-order valence-corrected chi connectivity index (χ3v) is 2.54. The summed E-state index contributed by atoms with van der Waals surface area (Å²) in [5.41, 5.74) is 0. The Balaban J connectivity index is 2.35. The van der Waals surface area contributed by atoms with Crippen LogP contribution in [0.15, 0.2) is 0 Å². The van der Waals surface area contributed by atoms with Crippen LogP contribution >= 0.6 is 0 Å². The first-order valence-corrected chi connectivity index (χ1v) is 4.94. The van der Waals surface area contributed by atoms with Gasteiger partial charge in [0.2, 0.25) is 0 Å². The Morgan fingerprint density at radius 1 is 1.31 bits per heavy atom. The summed E-state index contributed by atoms with van der Waals surface area (Å²) in [7, 11) is 1.64. The molecule has 78 valence electrons. The topological polar surface area (TPSA) is 38.7 Å². The van der Waals surface area contributed by atoms with Crippen LogP contribution in [0.2, 0.25) is 0 Å². The largest absolute Gasteiger partial charge is 0.393 e. The molecule has 1 saturated carbocycles. The fourth-order valence-corrected chi connectivity index (χ4v) is 1.68. The SMILES string of the molecule is COC(C)(C)OC1CCCC(O)C1. The van der Waals surface area contributed by atoms with Crippen molar-refractivity contribution in [3.8, 4) is 0 Å². The highest BCUT2D eigenvalue weighted by Crippen LogP contribution is 2.25. The maximum absolute atomic E-state index is 9.43. The van der Waals surface area contributed by atoms with Crippen LogP contribution in [0.4, 0.5) is 0 Å². The highest BCUT2D eigenvalue weighted by atomic mass is 16.7. The van der Waals surface area contributed by atoms with Gasteiger partial charge in [-0.3, -0.25) is 0 Å². The van der Waals surface area contributed by atoms with Gasteiger partial charge in [-0.2, -0.15) is 0 Å². The first kappa shape index (κ1) is 11.0. The molecule has 0 heterocycles. The lowest BCUT2D eigenvalue weighted by molar-refractivity contribution is -0.232. The van der Waals surface area contributed by atoms with E-state index in [1.165, 1.54) is 0 Å². The lowest BCUT2D eigenvalue weighted by atomic mass is 9.95. The molecule has 0 bridgehead atoms. The Hall–Kier alpha value is -0.120. The van der Waals surface area contributed by atoms with Gasteiger partial charge >= 0.3 is 0 Å². The molecule has 1 aliphatic carbocycles. The number of hydrogen-bond acceptors (Lipinski definition) is 3. The van der Waals surface area contributed by atoms with E-state index in [1.807, 2.05) is 13.8 Å². The van der Waals surface area contributed by atoms with Crippen molar-refractivity contribution in [2.24, 2.45) is 0 Å². The monoisotopic (exact) mass is 188 g/mol. The molecule has 2 unspecified atom stereocenters. The van der Waals surface area contributed by atoms with Crippen LogP contribution in [-0.4, -0.2) is 30.2 Å². The van der Waals surface area contributed by atoms with Gasteiger partial charge in [-0.1, -0.05) is 0 Å². The molecule has 0 radical (unpaired) electrons. The molecule has 0 saturated heterocycles. The van der Waals surface area contributed by atoms with Gasteiger partial charge in [0.1, 0.15) is 0 Å². The predicted molar refractivity (Wildman–Crippen MR) is 50.4 cm³/mol. The molecule has 0 spiro atoms. The number of aliphatic hydroxyl groups excluding tert-OH is 1. The van der Waals surface area contributed by atoms with Crippen LogP contribution < -0.4 is 0 Å². The molecule has 0 aliphatic heterocycles. The Bertz CT molecular complexity index is 156. The summed E-state index contributed by atoms with van der Waals surface area (Å²) >= 11 is 0. The van der Waals surface area contributed by atoms with Crippen molar-refractivity contribution in [3.63, 3.8) is 0 Å². The molecule has 3 heteroatoms. The van der Waals surface area contributed by atoms with Gasteiger partial charge in [0, 0.05) is 7.11 Å². The molecule has 3 nitrogen and oxygen atoms in total. The Kier molecular flexibility index (Phi) is 3.71. The van der Waals surface area contributed by atoms with E-state index in [0.29, 0.717) is 0 Å². The first-order valence-electron chi connectivity index (χ1n) is 4.94. The summed E-state index contributed by atoms with van der Waals surface area (Å²) in [6.45, 7) is 3.79. The zero-order valence-corrected chi connectivity index (χ0v) is 8.75. The number of ether oxygens (including phenoxy) is 2. The maximum atomic E-state index is 9.43. The van der Waals surface area contributed by atoms with E-state index in [4.69, 9.17) is 9.47 Å².